The molecule has 0 amide bonds. The van der Waals surface area contributed by atoms with Gasteiger partial charge in [-0.3, -0.25) is 4.79 Å². The van der Waals surface area contributed by atoms with Gasteiger partial charge < -0.3 is 19.2 Å². The summed E-state index contributed by atoms with van der Waals surface area (Å²) in [7, 11) is 0. The number of nitrogens with one attached hydrogen (secondary N) is 1. The van der Waals surface area contributed by atoms with Crippen LogP contribution in [0.25, 0.3) is 22.2 Å². The fourth-order valence-corrected chi connectivity index (χ4v) is 4.35. The fourth-order valence-electron chi connectivity index (χ4n) is 4.14. The summed E-state index contributed by atoms with van der Waals surface area (Å²) in [4.78, 5) is 23.0. The van der Waals surface area contributed by atoms with E-state index in [0.717, 1.165) is 40.0 Å². The van der Waals surface area contributed by atoms with Crippen LogP contribution >= 0.6 is 11.6 Å². The van der Waals surface area contributed by atoms with Crippen molar-refractivity contribution in [1.82, 2.24) is 14.5 Å². The zero-order valence-corrected chi connectivity index (χ0v) is 18.0. The van der Waals surface area contributed by atoms with Gasteiger partial charge in [-0.2, -0.15) is 0 Å². The summed E-state index contributed by atoms with van der Waals surface area (Å²) >= 11 is 6.07. The summed E-state index contributed by atoms with van der Waals surface area (Å²) in [5.41, 5.74) is 4.65. The number of anilines is 1. The number of rotatable bonds is 4. The fraction of sp³-hybridized carbons (Fsp3) is 0.250. The molecule has 31 heavy (non-hydrogen) atoms. The van der Waals surface area contributed by atoms with E-state index < -0.39 is 0 Å². The second-order valence-corrected chi connectivity index (χ2v) is 8.36. The first-order valence-corrected chi connectivity index (χ1v) is 10.7. The molecule has 6 nitrogen and oxygen atoms in total. The summed E-state index contributed by atoms with van der Waals surface area (Å²) in [6.07, 6.45) is 5.65. The molecule has 1 N–H and O–H groups in total. The summed E-state index contributed by atoms with van der Waals surface area (Å²) in [5, 5.41) is 1.67. The summed E-state index contributed by atoms with van der Waals surface area (Å²) in [6.45, 7) is 4.90. The molecule has 1 aliphatic rings. The number of ether oxygens (including phenoxy) is 1. The highest BCUT2D eigenvalue weighted by Gasteiger charge is 2.20. The van der Waals surface area contributed by atoms with E-state index in [1.165, 1.54) is 0 Å². The van der Waals surface area contributed by atoms with Gasteiger partial charge in [0, 0.05) is 47.0 Å². The van der Waals surface area contributed by atoms with Crippen molar-refractivity contribution >= 4 is 28.3 Å². The largest absolute Gasteiger partial charge is 0.377 e. The second-order valence-electron chi connectivity index (χ2n) is 7.92. The second kappa shape index (κ2) is 8.21. The van der Waals surface area contributed by atoms with Crippen LogP contribution in [0.3, 0.4) is 0 Å². The number of hydrogen-bond donors (Lipinski definition) is 1. The average Bonchev–Trinajstić information content (AvgIpc) is 3.19. The van der Waals surface area contributed by atoms with Gasteiger partial charge in [0.15, 0.2) is 0 Å². The molecule has 1 aliphatic heterocycles. The lowest BCUT2D eigenvalue weighted by Crippen LogP contribution is -2.43. The van der Waals surface area contributed by atoms with Crippen LogP contribution in [0.5, 0.6) is 0 Å². The molecule has 0 spiro atoms. The molecule has 0 bridgehead atoms. The van der Waals surface area contributed by atoms with Crippen molar-refractivity contribution in [3.8, 4) is 11.1 Å². The molecule has 0 saturated carbocycles. The van der Waals surface area contributed by atoms with Gasteiger partial charge in [-0.15, -0.1) is 0 Å². The van der Waals surface area contributed by atoms with Crippen LogP contribution in [-0.4, -0.2) is 40.3 Å². The van der Waals surface area contributed by atoms with Crippen molar-refractivity contribution in [2.45, 2.75) is 19.5 Å². The Kier molecular flexibility index (Phi) is 5.26. The van der Waals surface area contributed by atoms with E-state index in [9.17, 15) is 4.79 Å². The highest BCUT2D eigenvalue weighted by atomic mass is 35.5. The van der Waals surface area contributed by atoms with E-state index in [2.05, 4.69) is 27.9 Å². The number of fused-ring (bicyclic) bond motifs is 1. The number of aromatic amines is 1. The van der Waals surface area contributed by atoms with Crippen LogP contribution in [0.4, 0.5) is 5.69 Å². The van der Waals surface area contributed by atoms with Crippen molar-refractivity contribution < 1.29 is 4.74 Å². The standard InChI is InChI=1S/C24H23ClN4O2/c1-16-15-31-8-7-29(16)20-11-21-22(13-27-24(21)26-12-20)18-5-6-28(23(30)10-18)14-17-3-2-4-19(25)9-17/h2-6,9-13,16H,7-8,14-15H2,1H3,(H,26,27). The molecule has 158 valence electrons. The lowest BCUT2D eigenvalue weighted by Gasteiger charge is -2.35. The lowest BCUT2D eigenvalue weighted by molar-refractivity contribution is 0.0989. The number of aromatic nitrogens is 3. The maximum Gasteiger partial charge on any atom is 0.251 e. The first-order chi connectivity index (χ1) is 15.1. The van der Waals surface area contributed by atoms with Gasteiger partial charge >= 0.3 is 0 Å². The molecular weight excluding hydrogens is 412 g/mol. The number of hydrogen-bond acceptors (Lipinski definition) is 4. The van der Waals surface area contributed by atoms with Gasteiger partial charge in [0.1, 0.15) is 5.65 Å². The molecule has 0 aliphatic carbocycles. The number of morpholine rings is 1. The van der Waals surface area contributed by atoms with Crippen LogP contribution in [0.15, 0.2) is 65.8 Å². The predicted molar refractivity (Wildman–Crippen MR) is 124 cm³/mol. The molecule has 5 rings (SSSR count). The molecule has 1 unspecified atom stereocenters. The molecule has 7 heteroatoms. The van der Waals surface area contributed by atoms with Gasteiger partial charge in [-0.1, -0.05) is 23.7 Å². The Bertz CT molecular complexity index is 1300. The monoisotopic (exact) mass is 434 g/mol. The van der Waals surface area contributed by atoms with E-state index in [1.807, 2.05) is 48.9 Å². The van der Waals surface area contributed by atoms with E-state index in [1.54, 1.807) is 10.6 Å². The number of benzene rings is 1. The first-order valence-electron chi connectivity index (χ1n) is 10.4. The molecule has 0 radical (unpaired) electrons. The summed E-state index contributed by atoms with van der Waals surface area (Å²) in [6, 6.07) is 13.7. The Hall–Kier alpha value is -3.09. The predicted octanol–water partition coefficient (Wildman–Crippen LogP) is 4.32. The third kappa shape index (κ3) is 3.96. The number of nitrogens with zero attached hydrogens (tertiary/aromatic N) is 3. The molecule has 1 saturated heterocycles. The maximum atomic E-state index is 12.8. The number of pyridine rings is 2. The van der Waals surface area contributed by atoms with Gasteiger partial charge in [-0.05, 0) is 42.3 Å². The Balaban J connectivity index is 1.48. The Morgan fingerprint density at radius 1 is 1.26 bits per heavy atom. The average molecular weight is 435 g/mol. The third-order valence-electron chi connectivity index (χ3n) is 5.76. The highest BCUT2D eigenvalue weighted by Crippen LogP contribution is 2.30. The Labute approximate surface area is 185 Å². The zero-order valence-electron chi connectivity index (χ0n) is 17.2. The molecule has 1 fully saturated rings. The highest BCUT2D eigenvalue weighted by molar-refractivity contribution is 6.30. The van der Waals surface area contributed by atoms with E-state index in [4.69, 9.17) is 16.3 Å². The molecule has 1 atom stereocenters. The summed E-state index contributed by atoms with van der Waals surface area (Å²) < 4.78 is 7.24. The Morgan fingerprint density at radius 3 is 2.97 bits per heavy atom. The zero-order chi connectivity index (χ0) is 21.4. The minimum absolute atomic E-state index is 0.0576. The van der Waals surface area contributed by atoms with Crippen molar-refractivity contribution in [3.05, 3.63) is 82.0 Å². The third-order valence-corrected chi connectivity index (χ3v) is 6.00. The minimum Gasteiger partial charge on any atom is -0.377 e. The van der Waals surface area contributed by atoms with Gasteiger partial charge in [0.25, 0.3) is 5.56 Å². The molecular formula is C24H23ClN4O2. The quantitative estimate of drug-likeness (QED) is 0.519. The molecule has 3 aromatic heterocycles. The van der Waals surface area contributed by atoms with Crippen LogP contribution < -0.4 is 10.5 Å². The maximum absolute atomic E-state index is 12.8. The van der Waals surface area contributed by atoms with Crippen LogP contribution in [-0.2, 0) is 11.3 Å². The lowest BCUT2D eigenvalue weighted by atomic mass is 10.1. The minimum atomic E-state index is -0.0576. The summed E-state index contributed by atoms with van der Waals surface area (Å²) in [5.74, 6) is 0. The first kappa shape index (κ1) is 19.8. The smallest absolute Gasteiger partial charge is 0.251 e. The van der Waals surface area contributed by atoms with Crippen molar-refractivity contribution in [1.29, 1.82) is 0 Å². The van der Waals surface area contributed by atoms with Crippen molar-refractivity contribution in [2.24, 2.45) is 0 Å². The topological polar surface area (TPSA) is 63.1 Å². The van der Waals surface area contributed by atoms with Crippen LogP contribution in [0.2, 0.25) is 5.02 Å². The Morgan fingerprint density at radius 2 is 2.16 bits per heavy atom. The van der Waals surface area contributed by atoms with Crippen LogP contribution in [0.1, 0.15) is 12.5 Å². The van der Waals surface area contributed by atoms with Crippen molar-refractivity contribution in [2.75, 3.05) is 24.7 Å². The number of H-pyrrole nitrogens is 1. The normalized spacial score (nSPS) is 16.7. The van der Waals surface area contributed by atoms with E-state index in [-0.39, 0.29) is 5.56 Å². The van der Waals surface area contributed by atoms with E-state index >= 15 is 0 Å². The number of halogens is 1. The molecule has 1 aromatic carbocycles. The molecule has 4 aromatic rings. The van der Waals surface area contributed by atoms with Gasteiger partial charge in [0.05, 0.1) is 31.6 Å². The van der Waals surface area contributed by atoms with Gasteiger partial charge in [-0.25, -0.2) is 4.98 Å². The SMILES string of the molecule is CC1COCCN1c1cnc2[nH]cc(-c3ccn(Cc4cccc(Cl)c4)c(=O)c3)c2c1. The van der Waals surface area contributed by atoms with E-state index in [0.29, 0.717) is 30.8 Å². The van der Waals surface area contributed by atoms with Crippen LogP contribution in [0, 0.1) is 0 Å². The van der Waals surface area contributed by atoms with Gasteiger partial charge in [0.2, 0.25) is 0 Å². The van der Waals surface area contributed by atoms with Crippen molar-refractivity contribution in [3.63, 3.8) is 0 Å². The molecule has 4 heterocycles.